The molecule has 10 heteroatoms. The predicted molar refractivity (Wildman–Crippen MR) is 126 cm³/mol. The maximum atomic E-state index is 15.0. The molecular formula is C25H22F2N6O2. The number of nitrogens with one attached hydrogen (secondary N) is 2. The third-order valence-corrected chi connectivity index (χ3v) is 6.22. The SMILES string of the molecule is NC(=O)c1ccc(F)c(C(=O)c2c[nH]c3ncnc(N(Cc4ccccc4)C4CCNC4)c23)c1F. The number of hydrogen-bond acceptors (Lipinski definition) is 6. The largest absolute Gasteiger partial charge is 0.366 e. The zero-order chi connectivity index (χ0) is 24.5. The normalized spacial score (nSPS) is 15.4. The Hall–Kier alpha value is -4.18. The molecule has 35 heavy (non-hydrogen) atoms. The van der Waals surface area contributed by atoms with E-state index < -0.39 is 34.5 Å². The molecule has 0 spiro atoms. The van der Waals surface area contributed by atoms with Gasteiger partial charge in [-0.1, -0.05) is 30.3 Å². The Kier molecular flexibility index (Phi) is 5.96. The number of primary amides is 1. The van der Waals surface area contributed by atoms with Crippen molar-refractivity contribution in [3.8, 4) is 0 Å². The molecule has 2 aromatic heterocycles. The van der Waals surface area contributed by atoms with Crippen molar-refractivity contribution in [2.24, 2.45) is 5.73 Å². The number of anilines is 1. The first-order valence-corrected chi connectivity index (χ1v) is 11.1. The van der Waals surface area contributed by atoms with Crippen molar-refractivity contribution in [1.82, 2.24) is 20.3 Å². The molecule has 0 aliphatic carbocycles. The minimum Gasteiger partial charge on any atom is -0.366 e. The second-order valence-electron chi connectivity index (χ2n) is 8.36. The first-order chi connectivity index (χ1) is 17.0. The second kappa shape index (κ2) is 9.22. The molecule has 1 aliphatic heterocycles. The number of fused-ring (bicyclic) bond motifs is 1. The van der Waals surface area contributed by atoms with Gasteiger partial charge in [0.05, 0.1) is 22.1 Å². The van der Waals surface area contributed by atoms with Crippen LogP contribution in [0, 0.1) is 11.6 Å². The zero-order valence-electron chi connectivity index (χ0n) is 18.6. The van der Waals surface area contributed by atoms with E-state index in [0.717, 1.165) is 37.2 Å². The zero-order valence-corrected chi connectivity index (χ0v) is 18.6. The molecule has 4 N–H and O–H groups in total. The van der Waals surface area contributed by atoms with Crippen molar-refractivity contribution in [1.29, 1.82) is 0 Å². The molecule has 2 aromatic carbocycles. The molecule has 1 fully saturated rings. The lowest BCUT2D eigenvalue weighted by atomic mass is 9.99. The number of nitrogens with two attached hydrogens (primary N) is 1. The number of carbonyl (C=O) groups excluding carboxylic acids is 2. The smallest absolute Gasteiger partial charge is 0.251 e. The highest BCUT2D eigenvalue weighted by atomic mass is 19.1. The molecule has 1 unspecified atom stereocenters. The molecular weight excluding hydrogens is 454 g/mol. The lowest BCUT2D eigenvalue weighted by molar-refractivity contribution is 0.0996. The molecule has 1 amide bonds. The Morgan fingerprint density at radius 3 is 2.60 bits per heavy atom. The van der Waals surface area contributed by atoms with Crippen LogP contribution < -0.4 is 16.0 Å². The van der Waals surface area contributed by atoms with Crippen LogP contribution in [-0.4, -0.2) is 45.8 Å². The molecule has 0 saturated carbocycles. The van der Waals surface area contributed by atoms with Crippen molar-refractivity contribution < 1.29 is 18.4 Å². The van der Waals surface area contributed by atoms with E-state index in [1.807, 2.05) is 30.3 Å². The van der Waals surface area contributed by atoms with E-state index in [-0.39, 0.29) is 11.6 Å². The number of hydrogen-bond donors (Lipinski definition) is 3. The number of aromatic nitrogens is 3. The van der Waals surface area contributed by atoms with Crippen LogP contribution in [0.1, 0.15) is 38.3 Å². The van der Waals surface area contributed by atoms with Crippen LogP contribution in [0.5, 0.6) is 0 Å². The number of ketones is 1. The Labute approximate surface area is 199 Å². The molecule has 178 valence electrons. The number of carbonyl (C=O) groups is 2. The average molecular weight is 476 g/mol. The number of halogens is 2. The van der Waals surface area contributed by atoms with Crippen molar-refractivity contribution in [2.75, 3.05) is 18.0 Å². The lowest BCUT2D eigenvalue weighted by Gasteiger charge is -2.30. The molecule has 4 aromatic rings. The van der Waals surface area contributed by atoms with Crippen LogP contribution >= 0.6 is 0 Å². The van der Waals surface area contributed by atoms with Gasteiger partial charge in [-0.3, -0.25) is 9.59 Å². The van der Waals surface area contributed by atoms with E-state index in [9.17, 15) is 18.4 Å². The number of benzene rings is 2. The van der Waals surface area contributed by atoms with Gasteiger partial charge < -0.3 is 20.9 Å². The van der Waals surface area contributed by atoms with Gasteiger partial charge in [-0.2, -0.15) is 0 Å². The summed E-state index contributed by atoms with van der Waals surface area (Å²) < 4.78 is 29.7. The fourth-order valence-electron chi connectivity index (χ4n) is 4.49. The Bertz CT molecular complexity index is 1420. The van der Waals surface area contributed by atoms with Gasteiger partial charge >= 0.3 is 0 Å². The number of aromatic amines is 1. The lowest BCUT2D eigenvalue weighted by Crippen LogP contribution is -2.37. The maximum absolute atomic E-state index is 15.0. The third kappa shape index (κ3) is 4.12. The van der Waals surface area contributed by atoms with Crippen LogP contribution in [0.4, 0.5) is 14.6 Å². The third-order valence-electron chi connectivity index (χ3n) is 6.22. The summed E-state index contributed by atoms with van der Waals surface area (Å²) in [5, 5.41) is 3.69. The van der Waals surface area contributed by atoms with Crippen molar-refractivity contribution in [3.63, 3.8) is 0 Å². The summed E-state index contributed by atoms with van der Waals surface area (Å²) in [6.07, 6.45) is 3.60. The average Bonchev–Trinajstić information content (AvgIpc) is 3.53. The molecule has 3 heterocycles. The van der Waals surface area contributed by atoms with Gasteiger partial charge in [0.1, 0.15) is 29.4 Å². The summed E-state index contributed by atoms with van der Waals surface area (Å²) in [7, 11) is 0. The van der Waals surface area contributed by atoms with Crippen LogP contribution in [-0.2, 0) is 6.54 Å². The summed E-state index contributed by atoms with van der Waals surface area (Å²) in [6.45, 7) is 2.06. The number of H-pyrrole nitrogens is 1. The van der Waals surface area contributed by atoms with E-state index in [1.54, 1.807) is 0 Å². The van der Waals surface area contributed by atoms with Crippen molar-refractivity contribution in [2.45, 2.75) is 19.0 Å². The van der Waals surface area contributed by atoms with Gasteiger partial charge in [-0.25, -0.2) is 18.7 Å². The van der Waals surface area contributed by atoms with Crippen LogP contribution in [0.2, 0.25) is 0 Å². The number of rotatable bonds is 7. The Morgan fingerprint density at radius 2 is 1.89 bits per heavy atom. The van der Waals surface area contributed by atoms with E-state index in [4.69, 9.17) is 5.73 Å². The molecule has 1 aliphatic rings. The fourth-order valence-corrected chi connectivity index (χ4v) is 4.49. The predicted octanol–water partition coefficient (Wildman–Crippen LogP) is 2.93. The molecule has 1 saturated heterocycles. The quantitative estimate of drug-likeness (QED) is 0.353. The van der Waals surface area contributed by atoms with Gasteiger partial charge in [-0.15, -0.1) is 0 Å². The molecule has 8 nitrogen and oxygen atoms in total. The number of amides is 1. The van der Waals surface area contributed by atoms with Gasteiger partial charge in [-0.05, 0) is 30.7 Å². The van der Waals surface area contributed by atoms with Gasteiger partial charge in [0, 0.05) is 25.3 Å². The molecule has 1 atom stereocenters. The highest BCUT2D eigenvalue weighted by Crippen LogP contribution is 2.32. The monoisotopic (exact) mass is 476 g/mol. The van der Waals surface area contributed by atoms with Gasteiger partial charge in [0.15, 0.2) is 0 Å². The highest BCUT2D eigenvalue weighted by molar-refractivity contribution is 6.18. The van der Waals surface area contributed by atoms with Crippen LogP contribution in [0.15, 0.2) is 55.0 Å². The minimum atomic E-state index is -1.30. The summed E-state index contributed by atoms with van der Waals surface area (Å²) in [5.74, 6) is -3.94. The highest BCUT2D eigenvalue weighted by Gasteiger charge is 2.30. The fraction of sp³-hybridized carbons (Fsp3) is 0.200. The first-order valence-electron chi connectivity index (χ1n) is 11.1. The van der Waals surface area contributed by atoms with Crippen molar-refractivity contribution >= 4 is 28.5 Å². The standard InChI is InChI=1S/C25H22F2N6O2/c26-18-7-6-16(23(28)35)21(27)20(18)22(34)17-11-30-24-19(17)25(32-13-31-24)33(15-8-9-29-10-15)12-14-4-2-1-3-5-14/h1-7,11,13,15,29H,8-10,12H2,(H2,28,35)(H,30,31,32). The van der Waals surface area contributed by atoms with E-state index in [2.05, 4.69) is 25.2 Å². The Balaban J connectivity index is 1.65. The van der Waals surface area contributed by atoms with Gasteiger partial charge in [0.2, 0.25) is 5.78 Å². The van der Waals surface area contributed by atoms with Gasteiger partial charge in [0.25, 0.3) is 5.91 Å². The summed E-state index contributed by atoms with van der Waals surface area (Å²) in [5.41, 5.74) is 5.18. The molecule has 5 rings (SSSR count). The number of nitrogens with zero attached hydrogens (tertiary/aromatic N) is 3. The summed E-state index contributed by atoms with van der Waals surface area (Å²) in [6, 6.07) is 11.7. The summed E-state index contributed by atoms with van der Waals surface area (Å²) in [4.78, 5) is 38.8. The Morgan fingerprint density at radius 1 is 1.09 bits per heavy atom. The molecule has 0 radical (unpaired) electrons. The maximum Gasteiger partial charge on any atom is 0.251 e. The van der Waals surface area contributed by atoms with E-state index in [0.29, 0.717) is 23.4 Å². The van der Waals surface area contributed by atoms with Crippen molar-refractivity contribution in [3.05, 3.63) is 88.9 Å². The topological polar surface area (TPSA) is 117 Å². The van der Waals surface area contributed by atoms with E-state index >= 15 is 0 Å². The molecule has 0 bridgehead atoms. The second-order valence-corrected chi connectivity index (χ2v) is 8.36. The van der Waals surface area contributed by atoms with E-state index in [1.165, 1.54) is 12.5 Å². The minimum absolute atomic E-state index is 0.000891. The first kappa shape index (κ1) is 22.6. The van der Waals surface area contributed by atoms with Crippen LogP contribution in [0.3, 0.4) is 0 Å². The summed E-state index contributed by atoms with van der Waals surface area (Å²) >= 11 is 0. The van der Waals surface area contributed by atoms with Crippen LogP contribution in [0.25, 0.3) is 11.0 Å².